The first-order valence-corrected chi connectivity index (χ1v) is 8.81. The number of nitrogens with one attached hydrogen (secondary N) is 1. The van der Waals surface area contributed by atoms with E-state index < -0.39 is 0 Å². The molecule has 0 aliphatic carbocycles. The molecule has 7 nitrogen and oxygen atoms in total. The predicted molar refractivity (Wildman–Crippen MR) is 109 cm³/mol. The summed E-state index contributed by atoms with van der Waals surface area (Å²) in [5, 5.41) is 13.2. The van der Waals surface area contributed by atoms with Crippen molar-refractivity contribution >= 4 is 22.7 Å². The smallest absolute Gasteiger partial charge is 0.255 e. The van der Waals surface area contributed by atoms with Gasteiger partial charge in [-0.05, 0) is 42.5 Å². The van der Waals surface area contributed by atoms with Crippen molar-refractivity contribution in [2.75, 3.05) is 19.5 Å². The molecule has 0 fully saturated rings. The van der Waals surface area contributed by atoms with Crippen LogP contribution in [-0.2, 0) is 0 Å². The van der Waals surface area contributed by atoms with Gasteiger partial charge in [-0.1, -0.05) is 12.1 Å². The average molecular weight is 390 g/mol. The molecule has 0 saturated carbocycles. The van der Waals surface area contributed by atoms with Gasteiger partial charge in [0.2, 0.25) is 5.89 Å². The number of ether oxygens (including phenoxy) is 2. The summed E-state index contributed by atoms with van der Waals surface area (Å²) in [4.78, 5) is 16.9. The summed E-state index contributed by atoms with van der Waals surface area (Å²) in [7, 11) is 3.03. The average Bonchev–Trinajstić information content (AvgIpc) is 3.17. The van der Waals surface area contributed by atoms with Crippen LogP contribution in [-0.4, -0.2) is 30.2 Å². The first-order chi connectivity index (χ1) is 14.1. The summed E-state index contributed by atoms with van der Waals surface area (Å²) >= 11 is 0. The maximum absolute atomic E-state index is 12.5. The van der Waals surface area contributed by atoms with Crippen molar-refractivity contribution in [3.63, 3.8) is 0 Å². The van der Waals surface area contributed by atoms with Crippen LogP contribution in [0, 0.1) is 0 Å². The number of rotatable bonds is 5. The van der Waals surface area contributed by atoms with Crippen LogP contribution in [0.4, 0.5) is 5.69 Å². The number of para-hydroxylation sites is 2. The molecule has 2 N–H and O–H groups in total. The summed E-state index contributed by atoms with van der Waals surface area (Å²) in [5.41, 5.74) is 2.60. The largest absolute Gasteiger partial charge is 0.507 e. The van der Waals surface area contributed by atoms with Crippen LogP contribution in [0.2, 0.25) is 0 Å². The minimum Gasteiger partial charge on any atom is -0.507 e. The Balaban J connectivity index is 1.57. The highest BCUT2D eigenvalue weighted by molar-refractivity contribution is 6.05. The van der Waals surface area contributed by atoms with Gasteiger partial charge in [-0.2, -0.15) is 0 Å². The predicted octanol–water partition coefficient (Wildman–Crippen LogP) is 4.47. The van der Waals surface area contributed by atoms with Crippen LogP contribution in [0.1, 0.15) is 10.4 Å². The second-order valence-electron chi connectivity index (χ2n) is 6.24. The Kier molecular flexibility index (Phi) is 4.78. The number of amides is 1. The molecule has 0 unspecified atom stereocenters. The Morgan fingerprint density at radius 1 is 1.00 bits per heavy atom. The number of phenols is 1. The molecule has 0 spiro atoms. The third-order valence-electron chi connectivity index (χ3n) is 4.43. The molecular weight excluding hydrogens is 372 g/mol. The Bertz CT molecular complexity index is 1170. The number of fused-ring (bicyclic) bond motifs is 1. The van der Waals surface area contributed by atoms with Crippen molar-refractivity contribution in [1.29, 1.82) is 0 Å². The fourth-order valence-corrected chi connectivity index (χ4v) is 2.96. The van der Waals surface area contributed by atoms with Crippen molar-refractivity contribution in [3.8, 4) is 28.7 Å². The fourth-order valence-electron chi connectivity index (χ4n) is 2.96. The van der Waals surface area contributed by atoms with Crippen molar-refractivity contribution in [2.45, 2.75) is 0 Å². The van der Waals surface area contributed by atoms with Crippen LogP contribution < -0.4 is 14.8 Å². The number of methoxy groups -OCH3 is 2. The lowest BCUT2D eigenvalue weighted by atomic mass is 10.1. The van der Waals surface area contributed by atoms with Crippen molar-refractivity contribution < 1.29 is 23.8 Å². The molecule has 3 aromatic carbocycles. The first-order valence-electron chi connectivity index (χ1n) is 8.81. The molecular formula is C22H18N2O5. The van der Waals surface area contributed by atoms with E-state index in [9.17, 15) is 9.90 Å². The minimum atomic E-state index is -0.347. The lowest BCUT2D eigenvalue weighted by Gasteiger charge is -2.10. The molecule has 4 aromatic rings. The van der Waals surface area contributed by atoms with E-state index in [2.05, 4.69) is 10.3 Å². The number of phenolic OH excluding ortho intramolecular Hbond substituents is 1. The van der Waals surface area contributed by atoms with E-state index in [0.29, 0.717) is 45.3 Å². The van der Waals surface area contributed by atoms with Crippen LogP contribution in [0.5, 0.6) is 17.2 Å². The molecule has 1 heterocycles. The van der Waals surface area contributed by atoms with Crippen molar-refractivity contribution in [1.82, 2.24) is 4.98 Å². The van der Waals surface area contributed by atoms with Crippen LogP contribution in [0.25, 0.3) is 22.6 Å². The number of hydrogen-bond acceptors (Lipinski definition) is 6. The molecule has 0 aliphatic rings. The number of hydrogen-bond donors (Lipinski definition) is 2. The zero-order valence-corrected chi connectivity index (χ0v) is 15.8. The minimum absolute atomic E-state index is 0.0540. The van der Waals surface area contributed by atoms with Crippen LogP contribution in [0.3, 0.4) is 0 Å². The molecule has 1 aromatic heterocycles. The summed E-state index contributed by atoms with van der Waals surface area (Å²) in [5.74, 6) is 0.891. The standard InChI is InChI=1S/C22H18N2O5/c1-27-19-10-7-13(11-20(19)28-2)21(26)23-14-8-9-15(17(25)12-14)22-24-16-5-3-4-6-18(16)29-22/h3-12,25H,1-2H3,(H,23,26). The van der Waals surface area contributed by atoms with Gasteiger partial charge in [0.05, 0.1) is 19.8 Å². The van der Waals surface area contributed by atoms with Gasteiger partial charge in [-0.25, -0.2) is 4.98 Å². The van der Waals surface area contributed by atoms with Gasteiger partial charge < -0.3 is 24.3 Å². The third-order valence-corrected chi connectivity index (χ3v) is 4.43. The van der Waals surface area contributed by atoms with Gasteiger partial charge in [0.15, 0.2) is 17.1 Å². The number of oxazole rings is 1. The maximum atomic E-state index is 12.5. The quantitative estimate of drug-likeness (QED) is 0.522. The molecule has 7 heteroatoms. The monoisotopic (exact) mass is 390 g/mol. The second-order valence-corrected chi connectivity index (χ2v) is 6.24. The number of carbonyl (C=O) groups excluding carboxylic acids is 1. The lowest BCUT2D eigenvalue weighted by Crippen LogP contribution is -2.12. The Labute approximate surface area is 166 Å². The number of benzene rings is 3. The molecule has 0 atom stereocenters. The van der Waals surface area contributed by atoms with Crippen LogP contribution >= 0.6 is 0 Å². The Morgan fingerprint density at radius 3 is 2.52 bits per heavy atom. The van der Waals surface area contributed by atoms with Gasteiger partial charge in [0.25, 0.3) is 5.91 Å². The van der Waals surface area contributed by atoms with Crippen LogP contribution in [0.15, 0.2) is 65.1 Å². The van der Waals surface area contributed by atoms with E-state index in [1.54, 1.807) is 36.4 Å². The van der Waals surface area contributed by atoms with E-state index in [-0.39, 0.29) is 11.7 Å². The Morgan fingerprint density at radius 2 is 1.79 bits per heavy atom. The highest BCUT2D eigenvalue weighted by Gasteiger charge is 2.15. The second kappa shape index (κ2) is 7.55. The lowest BCUT2D eigenvalue weighted by molar-refractivity contribution is 0.102. The molecule has 146 valence electrons. The zero-order valence-electron chi connectivity index (χ0n) is 15.8. The van der Waals surface area contributed by atoms with Crippen molar-refractivity contribution in [2.24, 2.45) is 0 Å². The van der Waals surface area contributed by atoms with E-state index in [0.717, 1.165) is 0 Å². The number of anilines is 1. The molecule has 4 rings (SSSR count). The molecule has 0 saturated heterocycles. The van der Waals surface area contributed by atoms with Gasteiger partial charge in [0.1, 0.15) is 11.3 Å². The molecule has 29 heavy (non-hydrogen) atoms. The molecule has 1 amide bonds. The summed E-state index contributed by atoms with van der Waals surface area (Å²) in [6.45, 7) is 0. The third kappa shape index (κ3) is 3.58. The maximum Gasteiger partial charge on any atom is 0.255 e. The summed E-state index contributed by atoms with van der Waals surface area (Å²) < 4.78 is 16.1. The van der Waals surface area contributed by atoms with E-state index >= 15 is 0 Å². The Hall–Kier alpha value is -4.00. The van der Waals surface area contributed by atoms with Gasteiger partial charge in [0, 0.05) is 17.3 Å². The van der Waals surface area contributed by atoms with Gasteiger partial charge in [-0.3, -0.25) is 4.79 Å². The van der Waals surface area contributed by atoms with E-state index in [1.165, 1.54) is 20.3 Å². The molecule has 0 bridgehead atoms. The normalized spacial score (nSPS) is 10.7. The highest BCUT2D eigenvalue weighted by atomic mass is 16.5. The number of carbonyl (C=O) groups is 1. The van der Waals surface area contributed by atoms with E-state index in [1.807, 2.05) is 18.2 Å². The summed E-state index contributed by atoms with van der Waals surface area (Å²) in [6.07, 6.45) is 0. The van der Waals surface area contributed by atoms with Gasteiger partial charge >= 0.3 is 0 Å². The van der Waals surface area contributed by atoms with Crippen molar-refractivity contribution in [3.05, 3.63) is 66.2 Å². The zero-order chi connectivity index (χ0) is 20.4. The van der Waals surface area contributed by atoms with Gasteiger partial charge in [-0.15, -0.1) is 0 Å². The number of aromatic hydroxyl groups is 1. The first kappa shape index (κ1) is 18.4. The summed E-state index contributed by atoms with van der Waals surface area (Å²) in [6, 6.07) is 17.0. The molecule has 0 radical (unpaired) electrons. The topological polar surface area (TPSA) is 93.8 Å². The SMILES string of the molecule is COc1ccc(C(=O)Nc2ccc(-c3nc4ccccc4o3)c(O)c2)cc1OC. The fraction of sp³-hybridized carbons (Fsp3) is 0.0909. The molecule has 0 aliphatic heterocycles. The number of aromatic nitrogens is 1. The highest BCUT2D eigenvalue weighted by Crippen LogP contribution is 2.33. The number of nitrogens with zero attached hydrogens (tertiary/aromatic N) is 1. The van der Waals surface area contributed by atoms with E-state index in [4.69, 9.17) is 13.9 Å².